The maximum Gasteiger partial charge on any atom is 0.281 e. The molecule has 3 N–H and O–H groups in total. The van der Waals surface area contributed by atoms with Crippen LogP contribution in [0.4, 0.5) is 11.4 Å². The molecule has 0 saturated heterocycles. The quantitative estimate of drug-likeness (QED) is 0.825. The second kappa shape index (κ2) is 5.95. The van der Waals surface area contributed by atoms with Crippen molar-refractivity contribution in [2.75, 3.05) is 10.5 Å². The Morgan fingerprint density at radius 2 is 2.14 bits per heavy atom. The second-order valence-electron chi connectivity index (χ2n) is 4.66. The summed E-state index contributed by atoms with van der Waals surface area (Å²) in [6, 6.07) is 4.57. The Labute approximate surface area is 129 Å². The van der Waals surface area contributed by atoms with E-state index in [4.69, 9.17) is 17.3 Å². The number of aromatic nitrogens is 2. The highest BCUT2D eigenvalue weighted by atomic mass is 35.5. The normalized spacial score (nSPS) is 11.6. The molecule has 0 spiro atoms. The predicted octanol–water partition coefficient (Wildman–Crippen LogP) is 2.64. The Bertz CT molecular complexity index is 756. The first-order chi connectivity index (χ1) is 9.83. The molecular weight excluding hydrogens is 312 g/mol. The number of aryl methyl sites for hydroxylation is 2. The fourth-order valence-electron chi connectivity index (χ4n) is 1.90. The lowest BCUT2D eigenvalue weighted by molar-refractivity contribution is 0.597. The largest absolute Gasteiger partial charge is 0.397 e. The summed E-state index contributed by atoms with van der Waals surface area (Å²) >= 11 is 5.79. The van der Waals surface area contributed by atoms with E-state index in [2.05, 4.69) is 9.71 Å². The Morgan fingerprint density at radius 3 is 2.76 bits per heavy atom. The molecule has 2 aromatic rings. The van der Waals surface area contributed by atoms with Gasteiger partial charge in [0, 0.05) is 17.8 Å². The van der Waals surface area contributed by atoms with Gasteiger partial charge < -0.3 is 10.3 Å². The fourth-order valence-corrected chi connectivity index (χ4v) is 3.18. The molecule has 0 bridgehead atoms. The van der Waals surface area contributed by atoms with Crippen LogP contribution in [0.25, 0.3) is 0 Å². The highest BCUT2D eigenvalue weighted by molar-refractivity contribution is 7.92. The monoisotopic (exact) mass is 328 g/mol. The summed E-state index contributed by atoms with van der Waals surface area (Å²) in [5.74, 6) is 0.654. The third kappa shape index (κ3) is 3.48. The molecule has 0 saturated carbocycles. The van der Waals surface area contributed by atoms with Crippen molar-refractivity contribution in [2.45, 2.75) is 31.8 Å². The van der Waals surface area contributed by atoms with Crippen LogP contribution in [0.2, 0.25) is 5.02 Å². The van der Waals surface area contributed by atoms with Crippen LogP contribution in [0.15, 0.2) is 29.4 Å². The highest BCUT2D eigenvalue weighted by Gasteiger charge is 2.20. The Hall–Kier alpha value is -1.73. The average Bonchev–Trinajstić information content (AvgIpc) is 2.76. The zero-order chi connectivity index (χ0) is 15.6. The number of nitrogens with one attached hydrogen (secondary N) is 1. The summed E-state index contributed by atoms with van der Waals surface area (Å²) in [5.41, 5.74) is 6.29. The van der Waals surface area contributed by atoms with Crippen molar-refractivity contribution < 1.29 is 8.42 Å². The maximum atomic E-state index is 12.3. The molecular formula is C13H17ClN4O2S. The molecule has 0 atom stereocenters. The van der Waals surface area contributed by atoms with E-state index in [1.54, 1.807) is 17.6 Å². The molecule has 2 rings (SSSR count). The Kier molecular flexibility index (Phi) is 4.43. The number of hydrogen-bond donors (Lipinski definition) is 2. The van der Waals surface area contributed by atoms with E-state index in [0.29, 0.717) is 10.8 Å². The fraction of sp³-hybridized carbons (Fsp3) is 0.308. The number of benzene rings is 1. The smallest absolute Gasteiger partial charge is 0.281 e. The molecule has 0 unspecified atom stereocenters. The van der Waals surface area contributed by atoms with E-state index in [9.17, 15) is 8.42 Å². The van der Waals surface area contributed by atoms with Crippen molar-refractivity contribution in [2.24, 2.45) is 0 Å². The first kappa shape index (κ1) is 15.7. The lowest BCUT2D eigenvalue weighted by Gasteiger charge is -2.08. The van der Waals surface area contributed by atoms with Crippen molar-refractivity contribution in [1.29, 1.82) is 0 Å². The minimum atomic E-state index is -3.77. The van der Waals surface area contributed by atoms with E-state index < -0.39 is 10.0 Å². The number of nitrogen functional groups attached to an aromatic ring is 1. The minimum Gasteiger partial charge on any atom is -0.397 e. The van der Waals surface area contributed by atoms with Gasteiger partial charge in [-0.15, -0.1) is 0 Å². The summed E-state index contributed by atoms with van der Waals surface area (Å²) in [7, 11) is -3.77. The van der Waals surface area contributed by atoms with E-state index in [1.165, 1.54) is 18.3 Å². The van der Waals surface area contributed by atoms with Crippen LogP contribution >= 0.6 is 11.6 Å². The van der Waals surface area contributed by atoms with Crippen molar-refractivity contribution in [3.8, 4) is 0 Å². The summed E-state index contributed by atoms with van der Waals surface area (Å²) in [5, 5.41) is 0.418. The molecule has 114 valence electrons. The number of anilines is 2. The minimum absolute atomic E-state index is 0.0252. The third-order valence-electron chi connectivity index (χ3n) is 2.95. The lowest BCUT2D eigenvalue weighted by atomic mass is 10.3. The topological polar surface area (TPSA) is 90.0 Å². The third-order valence-corrected chi connectivity index (χ3v) is 4.42. The van der Waals surface area contributed by atoms with Crippen molar-refractivity contribution in [3.05, 3.63) is 35.2 Å². The number of hydrogen-bond acceptors (Lipinski definition) is 4. The maximum absolute atomic E-state index is 12.3. The zero-order valence-corrected chi connectivity index (χ0v) is 13.4. The molecule has 0 aliphatic carbocycles. The van der Waals surface area contributed by atoms with Crippen molar-refractivity contribution in [1.82, 2.24) is 9.55 Å². The molecule has 0 aliphatic heterocycles. The van der Waals surface area contributed by atoms with Gasteiger partial charge in [-0.25, -0.2) is 4.98 Å². The average molecular weight is 329 g/mol. The predicted molar refractivity (Wildman–Crippen MR) is 83.9 cm³/mol. The second-order valence-corrected chi connectivity index (χ2v) is 6.72. The van der Waals surface area contributed by atoms with Gasteiger partial charge in [0.1, 0.15) is 5.82 Å². The number of imidazole rings is 1. The number of nitrogens with two attached hydrogens (primary N) is 1. The number of rotatable bonds is 5. The number of nitrogens with zero attached hydrogens (tertiary/aromatic N) is 2. The number of sulfonamides is 1. The van der Waals surface area contributed by atoms with Gasteiger partial charge in [-0.05, 0) is 31.5 Å². The summed E-state index contributed by atoms with van der Waals surface area (Å²) < 4.78 is 28.9. The first-order valence-corrected chi connectivity index (χ1v) is 8.31. The van der Waals surface area contributed by atoms with Gasteiger partial charge in [0.25, 0.3) is 10.0 Å². The van der Waals surface area contributed by atoms with E-state index >= 15 is 0 Å². The van der Waals surface area contributed by atoms with Crippen LogP contribution in [0, 0.1) is 6.92 Å². The van der Waals surface area contributed by atoms with E-state index in [-0.39, 0.29) is 16.4 Å². The highest BCUT2D eigenvalue weighted by Crippen LogP contribution is 2.25. The molecule has 0 radical (unpaired) electrons. The van der Waals surface area contributed by atoms with Gasteiger partial charge in [-0.3, -0.25) is 4.72 Å². The van der Waals surface area contributed by atoms with E-state index in [0.717, 1.165) is 13.0 Å². The van der Waals surface area contributed by atoms with Gasteiger partial charge in [0.05, 0.1) is 11.4 Å². The van der Waals surface area contributed by atoms with Crippen LogP contribution in [0.5, 0.6) is 0 Å². The van der Waals surface area contributed by atoms with Crippen LogP contribution in [-0.2, 0) is 16.6 Å². The molecule has 1 aromatic heterocycles. The van der Waals surface area contributed by atoms with Crippen LogP contribution in [-0.4, -0.2) is 18.0 Å². The zero-order valence-electron chi connectivity index (χ0n) is 11.8. The molecule has 0 aliphatic rings. The van der Waals surface area contributed by atoms with Gasteiger partial charge in [-0.2, -0.15) is 8.42 Å². The number of halogens is 1. The van der Waals surface area contributed by atoms with Crippen molar-refractivity contribution >= 4 is 33.0 Å². The molecule has 21 heavy (non-hydrogen) atoms. The summed E-state index contributed by atoms with van der Waals surface area (Å²) in [6.07, 6.45) is 2.42. The van der Waals surface area contributed by atoms with Crippen LogP contribution in [0.3, 0.4) is 0 Å². The van der Waals surface area contributed by atoms with Crippen molar-refractivity contribution in [3.63, 3.8) is 0 Å². The molecule has 1 heterocycles. The Balaban J connectivity index is 2.32. The van der Waals surface area contributed by atoms with Gasteiger partial charge in [0.2, 0.25) is 0 Å². The van der Waals surface area contributed by atoms with Gasteiger partial charge >= 0.3 is 0 Å². The van der Waals surface area contributed by atoms with Gasteiger partial charge in [-0.1, -0.05) is 18.5 Å². The Morgan fingerprint density at radius 1 is 1.43 bits per heavy atom. The molecule has 0 fully saturated rings. The van der Waals surface area contributed by atoms with E-state index in [1.807, 2.05) is 6.92 Å². The molecule has 0 amide bonds. The standard InChI is InChI=1S/C13H17ClN4O2S/c1-3-6-18-8-13(16-9(18)2)21(19,20)17-12-5-4-10(14)7-11(12)15/h4-5,7-8,17H,3,6,15H2,1-2H3. The SMILES string of the molecule is CCCn1cc(S(=O)(=O)Nc2ccc(Cl)cc2N)nc1C. The lowest BCUT2D eigenvalue weighted by Crippen LogP contribution is -2.14. The van der Waals surface area contributed by atoms with Gasteiger partial charge in [0.15, 0.2) is 5.03 Å². The van der Waals surface area contributed by atoms with Crippen LogP contribution in [0.1, 0.15) is 19.2 Å². The first-order valence-electron chi connectivity index (χ1n) is 6.45. The summed E-state index contributed by atoms with van der Waals surface area (Å²) in [4.78, 5) is 4.09. The molecule has 1 aromatic carbocycles. The molecule has 6 nitrogen and oxygen atoms in total. The summed E-state index contributed by atoms with van der Waals surface area (Å²) in [6.45, 7) is 4.50. The van der Waals surface area contributed by atoms with Crippen LogP contribution < -0.4 is 10.5 Å². The molecule has 8 heteroatoms.